The van der Waals surface area contributed by atoms with Crippen molar-refractivity contribution in [2.24, 2.45) is 5.92 Å². The van der Waals surface area contributed by atoms with Gasteiger partial charge >= 0.3 is 0 Å². The zero-order valence-electron chi connectivity index (χ0n) is 11.4. The normalized spacial score (nSPS) is 16.4. The van der Waals surface area contributed by atoms with Crippen LogP contribution in [0, 0.1) is 5.92 Å². The van der Waals surface area contributed by atoms with Gasteiger partial charge in [0, 0.05) is 37.7 Å². The van der Waals surface area contributed by atoms with Crippen molar-refractivity contribution < 1.29 is 4.79 Å². The molecule has 2 heterocycles. The van der Waals surface area contributed by atoms with Gasteiger partial charge in [0.15, 0.2) is 0 Å². The van der Waals surface area contributed by atoms with Gasteiger partial charge in [-0.3, -0.25) is 9.78 Å². The number of rotatable bonds is 5. The number of pyridine rings is 1. The molecule has 5 heteroatoms. The van der Waals surface area contributed by atoms with Crippen LogP contribution < -0.4 is 15.5 Å². The fourth-order valence-electron chi connectivity index (χ4n) is 2.43. The Morgan fingerprint density at radius 3 is 2.68 bits per heavy atom. The summed E-state index contributed by atoms with van der Waals surface area (Å²) in [6, 6.07) is 4.10. The monoisotopic (exact) mass is 262 g/mol. The van der Waals surface area contributed by atoms with Gasteiger partial charge in [-0.05, 0) is 37.9 Å². The van der Waals surface area contributed by atoms with E-state index in [4.69, 9.17) is 0 Å². The number of anilines is 1. The molecule has 1 aromatic heterocycles. The maximum Gasteiger partial charge on any atom is 0.233 e. The second-order valence-corrected chi connectivity index (χ2v) is 4.97. The van der Waals surface area contributed by atoms with Crippen molar-refractivity contribution in [2.75, 3.05) is 38.1 Å². The summed E-state index contributed by atoms with van der Waals surface area (Å²) in [5, 5.41) is 5.84. The molecule has 0 bridgehead atoms. The van der Waals surface area contributed by atoms with Crippen molar-refractivity contribution in [3.05, 3.63) is 24.5 Å². The van der Waals surface area contributed by atoms with Crippen LogP contribution in [0.2, 0.25) is 0 Å². The molecule has 1 saturated heterocycles. The van der Waals surface area contributed by atoms with Gasteiger partial charge in [-0.1, -0.05) is 0 Å². The first-order valence-corrected chi connectivity index (χ1v) is 6.86. The Balaban J connectivity index is 1.72. The SMILES string of the molecule is CNCC(=O)NCC1CCN(c2ccncc2)CC1. The van der Waals surface area contributed by atoms with E-state index in [-0.39, 0.29) is 5.91 Å². The molecular weight excluding hydrogens is 240 g/mol. The highest BCUT2D eigenvalue weighted by Gasteiger charge is 2.19. The molecule has 0 saturated carbocycles. The van der Waals surface area contributed by atoms with Crippen molar-refractivity contribution in [3.63, 3.8) is 0 Å². The van der Waals surface area contributed by atoms with E-state index < -0.39 is 0 Å². The molecule has 0 unspecified atom stereocenters. The minimum absolute atomic E-state index is 0.0825. The number of hydrogen-bond acceptors (Lipinski definition) is 4. The lowest BCUT2D eigenvalue weighted by atomic mass is 9.96. The lowest BCUT2D eigenvalue weighted by Crippen LogP contribution is -2.40. The molecule has 19 heavy (non-hydrogen) atoms. The molecule has 1 aliphatic rings. The predicted molar refractivity (Wildman–Crippen MR) is 76.1 cm³/mol. The average molecular weight is 262 g/mol. The standard InChI is InChI=1S/C14H22N4O/c1-15-11-14(19)17-10-12-4-8-18(9-5-12)13-2-6-16-7-3-13/h2-3,6-7,12,15H,4-5,8-11H2,1H3,(H,17,19). The summed E-state index contributed by atoms with van der Waals surface area (Å²) in [4.78, 5) is 17.8. The summed E-state index contributed by atoms with van der Waals surface area (Å²) >= 11 is 0. The van der Waals surface area contributed by atoms with Crippen molar-refractivity contribution >= 4 is 11.6 Å². The highest BCUT2D eigenvalue weighted by Crippen LogP contribution is 2.22. The topological polar surface area (TPSA) is 57.3 Å². The van der Waals surface area contributed by atoms with Crippen LogP contribution in [-0.4, -0.2) is 44.1 Å². The van der Waals surface area contributed by atoms with Gasteiger partial charge in [0.1, 0.15) is 0 Å². The van der Waals surface area contributed by atoms with E-state index in [0.717, 1.165) is 32.5 Å². The van der Waals surface area contributed by atoms with E-state index in [1.165, 1.54) is 5.69 Å². The van der Waals surface area contributed by atoms with Crippen molar-refractivity contribution in [2.45, 2.75) is 12.8 Å². The Hall–Kier alpha value is -1.62. The van der Waals surface area contributed by atoms with Crippen LogP contribution in [0.15, 0.2) is 24.5 Å². The molecule has 2 rings (SSSR count). The van der Waals surface area contributed by atoms with Crippen LogP contribution in [0.3, 0.4) is 0 Å². The summed E-state index contributed by atoms with van der Waals surface area (Å²) in [6.45, 7) is 3.30. The van der Waals surface area contributed by atoms with Crippen molar-refractivity contribution in [3.8, 4) is 0 Å². The Labute approximate surface area is 114 Å². The van der Waals surface area contributed by atoms with E-state index in [1.54, 1.807) is 7.05 Å². The quantitative estimate of drug-likeness (QED) is 0.817. The van der Waals surface area contributed by atoms with Gasteiger partial charge in [-0.15, -0.1) is 0 Å². The van der Waals surface area contributed by atoms with E-state index in [9.17, 15) is 4.79 Å². The van der Waals surface area contributed by atoms with Crippen molar-refractivity contribution in [1.82, 2.24) is 15.6 Å². The highest BCUT2D eigenvalue weighted by molar-refractivity contribution is 5.77. The Morgan fingerprint density at radius 2 is 2.05 bits per heavy atom. The van der Waals surface area contributed by atoms with Crippen LogP contribution in [0.1, 0.15) is 12.8 Å². The third-order valence-electron chi connectivity index (χ3n) is 3.57. The second-order valence-electron chi connectivity index (χ2n) is 4.97. The first-order valence-electron chi connectivity index (χ1n) is 6.86. The minimum Gasteiger partial charge on any atom is -0.371 e. The summed E-state index contributed by atoms with van der Waals surface area (Å²) in [7, 11) is 1.78. The number of piperidine rings is 1. The number of carbonyl (C=O) groups excluding carboxylic acids is 1. The Bertz CT molecular complexity index is 388. The van der Waals surface area contributed by atoms with Gasteiger partial charge in [0.25, 0.3) is 0 Å². The minimum atomic E-state index is 0.0825. The zero-order chi connectivity index (χ0) is 13.5. The summed E-state index contributed by atoms with van der Waals surface area (Å²) in [5.41, 5.74) is 1.24. The first kappa shape index (κ1) is 13.8. The molecule has 0 atom stereocenters. The van der Waals surface area contributed by atoms with Gasteiger partial charge < -0.3 is 15.5 Å². The third kappa shape index (κ3) is 4.21. The molecule has 1 aliphatic heterocycles. The molecule has 1 amide bonds. The molecule has 5 nitrogen and oxygen atoms in total. The molecule has 1 fully saturated rings. The number of nitrogens with one attached hydrogen (secondary N) is 2. The largest absolute Gasteiger partial charge is 0.371 e. The number of amides is 1. The summed E-state index contributed by atoms with van der Waals surface area (Å²) in [5.74, 6) is 0.679. The molecule has 1 aromatic rings. The summed E-state index contributed by atoms with van der Waals surface area (Å²) in [6.07, 6.45) is 5.92. The molecule has 0 radical (unpaired) electrons. The van der Waals surface area contributed by atoms with Crippen LogP contribution in [0.4, 0.5) is 5.69 Å². The first-order chi connectivity index (χ1) is 9.29. The average Bonchev–Trinajstić information content (AvgIpc) is 2.47. The van der Waals surface area contributed by atoms with Gasteiger partial charge in [-0.2, -0.15) is 0 Å². The van der Waals surface area contributed by atoms with Crippen molar-refractivity contribution in [1.29, 1.82) is 0 Å². The zero-order valence-corrected chi connectivity index (χ0v) is 11.4. The molecule has 0 aliphatic carbocycles. The number of aromatic nitrogens is 1. The van der Waals surface area contributed by atoms with Gasteiger partial charge in [0.2, 0.25) is 5.91 Å². The Kier molecular flexibility index (Phi) is 5.15. The van der Waals surface area contributed by atoms with E-state index in [0.29, 0.717) is 12.5 Å². The third-order valence-corrected chi connectivity index (χ3v) is 3.57. The van der Waals surface area contributed by atoms with Crippen LogP contribution in [-0.2, 0) is 4.79 Å². The fraction of sp³-hybridized carbons (Fsp3) is 0.571. The maximum atomic E-state index is 11.4. The molecule has 0 aromatic carbocycles. The van der Waals surface area contributed by atoms with E-state index in [2.05, 4.69) is 32.7 Å². The fourth-order valence-corrected chi connectivity index (χ4v) is 2.43. The molecule has 2 N–H and O–H groups in total. The highest BCUT2D eigenvalue weighted by atomic mass is 16.1. The summed E-state index contributed by atoms with van der Waals surface area (Å²) < 4.78 is 0. The van der Waals surface area contributed by atoms with Crippen LogP contribution >= 0.6 is 0 Å². The smallest absolute Gasteiger partial charge is 0.233 e. The van der Waals surface area contributed by atoms with Gasteiger partial charge in [-0.25, -0.2) is 0 Å². The number of carbonyl (C=O) groups is 1. The number of hydrogen-bond donors (Lipinski definition) is 2. The lowest BCUT2D eigenvalue weighted by Gasteiger charge is -2.33. The van der Waals surface area contributed by atoms with E-state index in [1.807, 2.05) is 12.4 Å². The molecule has 0 spiro atoms. The molecule has 104 valence electrons. The van der Waals surface area contributed by atoms with Gasteiger partial charge in [0.05, 0.1) is 6.54 Å². The lowest BCUT2D eigenvalue weighted by molar-refractivity contribution is -0.120. The van der Waals surface area contributed by atoms with E-state index >= 15 is 0 Å². The van der Waals surface area contributed by atoms with Crippen LogP contribution in [0.5, 0.6) is 0 Å². The maximum absolute atomic E-state index is 11.4. The second kappa shape index (κ2) is 7.09. The Morgan fingerprint density at radius 1 is 1.37 bits per heavy atom. The molecular formula is C14H22N4O. The van der Waals surface area contributed by atoms with Crippen LogP contribution in [0.25, 0.3) is 0 Å². The predicted octanol–water partition coefficient (Wildman–Crippen LogP) is 0.634. The number of nitrogens with zero attached hydrogens (tertiary/aromatic N) is 2. The number of likely N-dealkylation sites (N-methyl/N-ethyl adjacent to an activating group) is 1.